The van der Waals surface area contributed by atoms with Gasteiger partial charge in [-0.2, -0.15) is 0 Å². The van der Waals surface area contributed by atoms with Crippen LogP contribution in [0.25, 0.3) is 0 Å². The fourth-order valence-electron chi connectivity index (χ4n) is 1.99. The lowest BCUT2D eigenvalue weighted by atomic mass is 9.99. The minimum Gasteiger partial charge on any atom is -0.496 e. The van der Waals surface area contributed by atoms with E-state index in [1.165, 1.54) is 16.7 Å². The summed E-state index contributed by atoms with van der Waals surface area (Å²) in [6.07, 6.45) is 4.63. The van der Waals surface area contributed by atoms with Gasteiger partial charge in [-0.05, 0) is 55.9 Å². The van der Waals surface area contributed by atoms with E-state index in [0.29, 0.717) is 6.42 Å². The maximum Gasteiger partial charge on any atom is 0.122 e. The van der Waals surface area contributed by atoms with E-state index in [9.17, 15) is 4.79 Å². The van der Waals surface area contributed by atoms with Gasteiger partial charge in [0.25, 0.3) is 0 Å². The van der Waals surface area contributed by atoms with Gasteiger partial charge < -0.3 is 9.53 Å². The van der Waals surface area contributed by atoms with Crippen molar-refractivity contribution in [3.63, 3.8) is 0 Å². The molecule has 0 spiro atoms. The van der Waals surface area contributed by atoms with Gasteiger partial charge in [0.05, 0.1) is 7.11 Å². The second-order valence-corrected chi connectivity index (χ2v) is 4.18. The molecule has 0 heterocycles. The molecule has 0 aliphatic carbocycles. The zero-order valence-electron chi connectivity index (χ0n) is 10.4. The molecule has 2 heteroatoms. The average Bonchev–Trinajstić information content (AvgIpc) is 2.26. The molecule has 0 aromatic heterocycles. The molecule has 0 radical (unpaired) electrons. The molecule has 88 valence electrons. The molecule has 0 saturated heterocycles. The lowest BCUT2D eigenvalue weighted by Crippen LogP contribution is -1.97. The topological polar surface area (TPSA) is 26.3 Å². The Morgan fingerprint density at radius 2 is 2.00 bits per heavy atom. The van der Waals surface area contributed by atoms with E-state index in [2.05, 4.69) is 26.0 Å². The maximum absolute atomic E-state index is 10.2. The number of hydrogen-bond acceptors (Lipinski definition) is 2. The molecular weight excluding hydrogens is 200 g/mol. The zero-order chi connectivity index (χ0) is 12.0. The summed E-state index contributed by atoms with van der Waals surface area (Å²) < 4.78 is 5.39. The summed E-state index contributed by atoms with van der Waals surface area (Å²) in [7, 11) is 1.71. The SMILES string of the molecule is COc1cc(C)cc(C)c1CCCCC=O. The molecule has 1 aromatic rings. The molecular formula is C14H20O2. The third kappa shape index (κ3) is 3.37. The standard InChI is InChI=1S/C14H20O2/c1-11-9-12(2)13(14(10-11)16-3)7-5-4-6-8-15/h8-10H,4-7H2,1-3H3. The van der Waals surface area contributed by atoms with Crippen LogP contribution < -0.4 is 4.74 Å². The predicted octanol–water partition coefficient (Wildman–Crippen LogP) is 3.22. The van der Waals surface area contributed by atoms with Crippen molar-refractivity contribution in [3.8, 4) is 5.75 Å². The summed E-state index contributed by atoms with van der Waals surface area (Å²) in [5.74, 6) is 0.976. The number of methoxy groups -OCH3 is 1. The number of benzene rings is 1. The largest absolute Gasteiger partial charge is 0.496 e. The van der Waals surface area contributed by atoms with Gasteiger partial charge in [-0.15, -0.1) is 0 Å². The summed E-state index contributed by atoms with van der Waals surface area (Å²) >= 11 is 0. The van der Waals surface area contributed by atoms with Crippen molar-refractivity contribution in [2.24, 2.45) is 0 Å². The van der Waals surface area contributed by atoms with Crippen molar-refractivity contribution >= 4 is 6.29 Å². The van der Waals surface area contributed by atoms with E-state index in [4.69, 9.17) is 4.74 Å². The summed E-state index contributed by atoms with van der Waals surface area (Å²) in [5, 5.41) is 0. The monoisotopic (exact) mass is 220 g/mol. The molecule has 0 aliphatic rings. The number of carbonyl (C=O) groups excluding carboxylic acids is 1. The van der Waals surface area contributed by atoms with Gasteiger partial charge in [0.1, 0.15) is 12.0 Å². The Morgan fingerprint density at radius 3 is 2.62 bits per heavy atom. The van der Waals surface area contributed by atoms with E-state index >= 15 is 0 Å². The van der Waals surface area contributed by atoms with Gasteiger partial charge >= 0.3 is 0 Å². The van der Waals surface area contributed by atoms with Gasteiger partial charge in [0.2, 0.25) is 0 Å². The second-order valence-electron chi connectivity index (χ2n) is 4.18. The first kappa shape index (κ1) is 12.8. The molecule has 0 unspecified atom stereocenters. The Balaban J connectivity index is 2.73. The number of unbranched alkanes of at least 4 members (excludes halogenated alkanes) is 2. The van der Waals surface area contributed by atoms with Crippen LogP contribution in [0.3, 0.4) is 0 Å². The van der Waals surface area contributed by atoms with Crippen molar-refractivity contribution in [2.75, 3.05) is 7.11 Å². The molecule has 0 fully saturated rings. The molecule has 2 nitrogen and oxygen atoms in total. The highest BCUT2D eigenvalue weighted by molar-refractivity contribution is 5.49. The minimum atomic E-state index is 0.660. The van der Waals surface area contributed by atoms with E-state index in [-0.39, 0.29) is 0 Å². The average molecular weight is 220 g/mol. The number of ether oxygens (including phenoxy) is 1. The number of carbonyl (C=O) groups is 1. The summed E-state index contributed by atoms with van der Waals surface area (Å²) in [5.41, 5.74) is 3.79. The van der Waals surface area contributed by atoms with Crippen molar-refractivity contribution in [2.45, 2.75) is 39.5 Å². The van der Waals surface area contributed by atoms with Crippen LogP contribution in [-0.4, -0.2) is 13.4 Å². The molecule has 0 N–H and O–H groups in total. The van der Waals surface area contributed by atoms with Gasteiger partial charge in [-0.1, -0.05) is 6.07 Å². The van der Waals surface area contributed by atoms with E-state index < -0.39 is 0 Å². The molecule has 0 atom stereocenters. The summed E-state index contributed by atoms with van der Waals surface area (Å²) in [4.78, 5) is 10.2. The van der Waals surface area contributed by atoms with Crippen LogP contribution >= 0.6 is 0 Å². The van der Waals surface area contributed by atoms with Gasteiger partial charge in [-0.3, -0.25) is 0 Å². The fraction of sp³-hybridized carbons (Fsp3) is 0.500. The Kier molecular flexibility index (Phi) is 5.03. The van der Waals surface area contributed by atoms with Gasteiger partial charge in [0, 0.05) is 6.42 Å². The predicted molar refractivity (Wildman–Crippen MR) is 66.1 cm³/mol. The number of rotatable bonds is 6. The number of hydrogen-bond donors (Lipinski definition) is 0. The highest BCUT2D eigenvalue weighted by Crippen LogP contribution is 2.25. The highest BCUT2D eigenvalue weighted by Gasteiger charge is 2.07. The molecule has 16 heavy (non-hydrogen) atoms. The zero-order valence-corrected chi connectivity index (χ0v) is 10.4. The Bertz CT molecular complexity index is 356. The smallest absolute Gasteiger partial charge is 0.122 e. The molecule has 0 saturated carbocycles. The van der Waals surface area contributed by atoms with Crippen molar-refractivity contribution in [3.05, 3.63) is 28.8 Å². The van der Waals surface area contributed by atoms with E-state index in [0.717, 1.165) is 31.3 Å². The van der Waals surface area contributed by atoms with E-state index in [1.54, 1.807) is 7.11 Å². The number of aldehydes is 1. The quantitative estimate of drug-likeness (QED) is 0.543. The van der Waals surface area contributed by atoms with Crippen LogP contribution in [0, 0.1) is 13.8 Å². The molecule has 0 amide bonds. The third-order valence-corrected chi connectivity index (χ3v) is 2.80. The summed E-state index contributed by atoms with van der Waals surface area (Å²) in [6, 6.07) is 4.25. The molecule has 0 aliphatic heterocycles. The number of aryl methyl sites for hydroxylation is 2. The van der Waals surface area contributed by atoms with Crippen molar-refractivity contribution in [1.29, 1.82) is 0 Å². The Hall–Kier alpha value is -1.31. The van der Waals surface area contributed by atoms with Crippen LogP contribution in [0.15, 0.2) is 12.1 Å². The first-order valence-corrected chi connectivity index (χ1v) is 5.76. The Morgan fingerprint density at radius 1 is 1.25 bits per heavy atom. The maximum atomic E-state index is 10.2. The molecule has 1 aromatic carbocycles. The lowest BCUT2D eigenvalue weighted by molar-refractivity contribution is -0.107. The third-order valence-electron chi connectivity index (χ3n) is 2.80. The minimum absolute atomic E-state index is 0.660. The van der Waals surface area contributed by atoms with Crippen molar-refractivity contribution in [1.82, 2.24) is 0 Å². The first-order chi connectivity index (χ1) is 7.69. The molecule has 1 rings (SSSR count). The van der Waals surface area contributed by atoms with Crippen LogP contribution in [0.2, 0.25) is 0 Å². The van der Waals surface area contributed by atoms with Crippen LogP contribution in [0.1, 0.15) is 36.0 Å². The van der Waals surface area contributed by atoms with Gasteiger partial charge in [-0.25, -0.2) is 0 Å². The van der Waals surface area contributed by atoms with Crippen molar-refractivity contribution < 1.29 is 9.53 Å². The lowest BCUT2D eigenvalue weighted by Gasteiger charge is -2.12. The van der Waals surface area contributed by atoms with E-state index in [1.807, 2.05) is 0 Å². The van der Waals surface area contributed by atoms with Crippen LogP contribution in [0.5, 0.6) is 5.75 Å². The fourth-order valence-corrected chi connectivity index (χ4v) is 1.99. The second kappa shape index (κ2) is 6.31. The molecule has 0 bridgehead atoms. The summed E-state index contributed by atoms with van der Waals surface area (Å²) in [6.45, 7) is 4.19. The first-order valence-electron chi connectivity index (χ1n) is 5.76. The Labute approximate surface area is 97.6 Å². The highest BCUT2D eigenvalue weighted by atomic mass is 16.5. The van der Waals surface area contributed by atoms with Crippen LogP contribution in [0.4, 0.5) is 0 Å². The van der Waals surface area contributed by atoms with Crippen LogP contribution in [-0.2, 0) is 11.2 Å². The normalized spacial score (nSPS) is 10.2. The van der Waals surface area contributed by atoms with Gasteiger partial charge in [0.15, 0.2) is 0 Å².